The zero-order valence-electron chi connectivity index (χ0n) is 20.3. The summed E-state index contributed by atoms with van der Waals surface area (Å²) in [5, 5.41) is 5.43. The fourth-order valence-electron chi connectivity index (χ4n) is 3.70. The predicted molar refractivity (Wildman–Crippen MR) is 136 cm³/mol. The van der Waals surface area contributed by atoms with E-state index in [1.807, 2.05) is 19.9 Å². The van der Waals surface area contributed by atoms with Crippen LogP contribution in [-0.2, 0) is 17.7 Å². The quantitative estimate of drug-likeness (QED) is 0.352. The minimum absolute atomic E-state index is 0.0534. The first-order chi connectivity index (χ1) is 17.4. The van der Waals surface area contributed by atoms with Gasteiger partial charge in [0.15, 0.2) is 5.82 Å². The average Bonchev–Trinajstić information content (AvgIpc) is 3.48. The minimum Gasteiger partial charge on any atom is -0.453 e. The van der Waals surface area contributed by atoms with Gasteiger partial charge in [-0.25, -0.2) is 29.1 Å². The van der Waals surface area contributed by atoms with Gasteiger partial charge in [-0.2, -0.15) is 0 Å². The number of hydrogen-bond donors (Lipinski definition) is 2. The number of aromatic nitrogens is 6. The number of H-pyrrole nitrogens is 1. The van der Waals surface area contributed by atoms with E-state index in [1.165, 1.54) is 37.0 Å². The zero-order valence-corrected chi connectivity index (χ0v) is 21.1. The molecule has 1 amide bonds. The van der Waals surface area contributed by atoms with Crippen molar-refractivity contribution in [1.82, 2.24) is 34.8 Å². The molecule has 1 atom stereocenters. The number of thiazole rings is 1. The van der Waals surface area contributed by atoms with Crippen molar-refractivity contribution < 1.29 is 13.9 Å². The van der Waals surface area contributed by atoms with Crippen LogP contribution in [0.4, 0.5) is 15.0 Å². The highest BCUT2D eigenvalue weighted by Crippen LogP contribution is 2.25. The van der Waals surface area contributed by atoms with Crippen LogP contribution in [0, 0.1) is 5.82 Å². The molecule has 0 aliphatic rings. The summed E-state index contributed by atoms with van der Waals surface area (Å²) in [6, 6.07) is 2.90. The van der Waals surface area contributed by atoms with Crippen LogP contribution in [0.3, 0.4) is 0 Å². The van der Waals surface area contributed by atoms with E-state index in [0.29, 0.717) is 35.7 Å². The number of ether oxygens (including phenoxy) is 1. The molecule has 2 N–H and O–H groups in total. The fourth-order valence-corrected chi connectivity index (χ4v) is 4.59. The molecule has 1 unspecified atom stereocenters. The summed E-state index contributed by atoms with van der Waals surface area (Å²) >= 11 is 1.42. The highest BCUT2D eigenvalue weighted by molar-refractivity contribution is 7.18. The number of halogens is 1. The van der Waals surface area contributed by atoms with Crippen LogP contribution in [0.25, 0.3) is 23.0 Å². The lowest BCUT2D eigenvalue weighted by atomic mass is 10.1. The molecule has 0 bridgehead atoms. The standard InChI is InChI=1S/C24H27FN8O2S/c1-5-17-15(3)30-21(31-17)14(2)12-33(24(34)35-4)10-8-19-32-20-22(28-13-29-23(20)36-19)27-11-18-16(25)7-6-9-26-18/h5-7,9,13-14H,3,8,10-12H2,1-2,4H3,(H,30,31)(H,27,28,29)/b17-5+. The van der Waals surface area contributed by atoms with E-state index in [2.05, 4.69) is 41.8 Å². The van der Waals surface area contributed by atoms with E-state index in [-0.39, 0.29) is 18.2 Å². The van der Waals surface area contributed by atoms with Gasteiger partial charge in [0.1, 0.15) is 28.3 Å². The summed E-state index contributed by atoms with van der Waals surface area (Å²) in [5.41, 5.74) is 0.878. The maximum absolute atomic E-state index is 13.9. The van der Waals surface area contributed by atoms with Crippen molar-refractivity contribution in [2.75, 3.05) is 25.5 Å². The molecule has 0 aliphatic carbocycles. The third-order valence-corrected chi connectivity index (χ3v) is 6.61. The normalized spacial score (nSPS) is 12.6. The third-order valence-electron chi connectivity index (χ3n) is 5.59. The lowest BCUT2D eigenvalue weighted by Crippen LogP contribution is -2.36. The van der Waals surface area contributed by atoms with Crippen molar-refractivity contribution in [2.24, 2.45) is 0 Å². The van der Waals surface area contributed by atoms with Gasteiger partial charge in [0.2, 0.25) is 0 Å². The molecular weight excluding hydrogens is 483 g/mol. The summed E-state index contributed by atoms with van der Waals surface area (Å²) in [4.78, 5) is 39.8. The Labute approximate surface area is 211 Å². The molecule has 0 radical (unpaired) electrons. The number of aromatic amines is 1. The van der Waals surface area contributed by atoms with Gasteiger partial charge >= 0.3 is 6.09 Å². The van der Waals surface area contributed by atoms with Crippen molar-refractivity contribution in [3.05, 3.63) is 57.7 Å². The van der Waals surface area contributed by atoms with Crippen LogP contribution in [0.2, 0.25) is 0 Å². The summed E-state index contributed by atoms with van der Waals surface area (Å²) in [7, 11) is 1.36. The van der Waals surface area contributed by atoms with Crippen molar-refractivity contribution in [3.8, 4) is 0 Å². The molecule has 0 saturated heterocycles. The molecule has 4 aromatic heterocycles. The van der Waals surface area contributed by atoms with Crippen molar-refractivity contribution in [1.29, 1.82) is 0 Å². The number of nitrogens with zero attached hydrogens (tertiary/aromatic N) is 6. The molecule has 0 aromatic carbocycles. The molecule has 10 nitrogen and oxygen atoms in total. The highest BCUT2D eigenvalue weighted by Gasteiger charge is 2.21. The molecule has 0 fully saturated rings. The number of imidazole rings is 1. The predicted octanol–water partition coefficient (Wildman–Crippen LogP) is 2.58. The summed E-state index contributed by atoms with van der Waals surface area (Å²) < 4.78 is 18.9. The number of hydrogen-bond acceptors (Lipinski definition) is 9. The van der Waals surface area contributed by atoms with E-state index in [0.717, 1.165) is 21.5 Å². The van der Waals surface area contributed by atoms with Crippen molar-refractivity contribution >= 4 is 46.2 Å². The van der Waals surface area contributed by atoms with E-state index in [4.69, 9.17) is 4.74 Å². The fraction of sp³-hybridized carbons (Fsp3) is 0.333. The van der Waals surface area contributed by atoms with Gasteiger partial charge in [-0.1, -0.05) is 30.9 Å². The largest absolute Gasteiger partial charge is 0.453 e. The van der Waals surface area contributed by atoms with Gasteiger partial charge in [0.05, 0.1) is 35.1 Å². The van der Waals surface area contributed by atoms with E-state index >= 15 is 0 Å². The van der Waals surface area contributed by atoms with Crippen LogP contribution >= 0.6 is 11.3 Å². The number of nitrogens with one attached hydrogen (secondary N) is 2. The van der Waals surface area contributed by atoms with Gasteiger partial charge < -0.3 is 19.9 Å². The van der Waals surface area contributed by atoms with E-state index in [1.54, 1.807) is 11.0 Å². The molecular formula is C24H27FN8O2S. The second-order valence-electron chi connectivity index (χ2n) is 8.11. The molecule has 4 heterocycles. The van der Waals surface area contributed by atoms with Crippen LogP contribution in [0.1, 0.15) is 36.3 Å². The van der Waals surface area contributed by atoms with Gasteiger partial charge in [-0.3, -0.25) is 4.98 Å². The number of methoxy groups -OCH3 is 1. The Morgan fingerprint density at radius 3 is 2.92 bits per heavy atom. The van der Waals surface area contributed by atoms with Gasteiger partial charge in [-0.15, -0.1) is 0 Å². The maximum atomic E-state index is 13.9. The number of carbonyl (C=O) groups excluding carboxylic acids is 1. The number of carbonyl (C=O) groups is 1. The summed E-state index contributed by atoms with van der Waals surface area (Å²) in [5.74, 6) is 0.812. The molecule has 4 rings (SSSR count). The minimum atomic E-state index is -0.425. The second-order valence-corrected chi connectivity index (χ2v) is 9.17. The van der Waals surface area contributed by atoms with Gasteiger partial charge in [-0.05, 0) is 19.1 Å². The van der Waals surface area contributed by atoms with Crippen molar-refractivity contribution in [2.45, 2.75) is 32.7 Å². The molecule has 0 saturated carbocycles. The third kappa shape index (κ3) is 5.65. The Morgan fingerprint density at radius 2 is 2.19 bits per heavy atom. The Kier molecular flexibility index (Phi) is 7.84. The first-order valence-electron chi connectivity index (χ1n) is 11.4. The number of anilines is 1. The van der Waals surface area contributed by atoms with Gasteiger partial charge in [0, 0.05) is 31.6 Å². The Balaban J connectivity index is 1.46. The lowest BCUT2D eigenvalue weighted by Gasteiger charge is -2.23. The average molecular weight is 511 g/mol. The van der Waals surface area contributed by atoms with E-state index < -0.39 is 11.9 Å². The first kappa shape index (κ1) is 25.2. The molecule has 4 aromatic rings. The molecule has 12 heteroatoms. The number of amides is 1. The number of pyridine rings is 1. The van der Waals surface area contributed by atoms with E-state index in [9.17, 15) is 9.18 Å². The highest BCUT2D eigenvalue weighted by atomic mass is 32.1. The molecule has 188 valence electrons. The number of fused-ring (bicyclic) bond motifs is 1. The van der Waals surface area contributed by atoms with Crippen LogP contribution in [-0.4, -0.2) is 61.1 Å². The van der Waals surface area contributed by atoms with Crippen LogP contribution in [0.5, 0.6) is 0 Å². The monoisotopic (exact) mass is 510 g/mol. The molecule has 0 spiro atoms. The molecule has 0 aliphatic heterocycles. The second kappa shape index (κ2) is 11.2. The Morgan fingerprint density at radius 1 is 1.36 bits per heavy atom. The van der Waals surface area contributed by atoms with Gasteiger partial charge in [0.25, 0.3) is 0 Å². The van der Waals surface area contributed by atoms with Crippen LogP contribution in [0.15, 0.2) is 24.7 Å². The summed E-state index contributed by atoms with van der Waals surface area (Å²) in [6.07, 6.45) is 4.94. The van der Waals surface area contributed by atoms with Crippen LogP contribution < -0.4 is 16.0 Å². The smallest absolute Gasteiger partial charge is 0.409 e. The zero-order chi connectivity index (χ0) is 25.7. The SMILES string of the molecule is C=c1[nH]c(C(C)CN(CCc2nc3c(NCc4ncccc4F)ncnc3s2)C(=O)OC)n/c1=C/C. The Bertz CT molecular complexity index is 1470. The maximum Gasteiger partial charge on any atom is 0.409 e. The first-order valence-corrected chi connectivity index (χ1v) is 12.2. The Hall–Kier alpha value is -3.93. The number of rotatable bonds is 9. The summed E-state index contributed by atoms with van der Waals surface area (Å²) in [6.45, 7) is 8.83. The lowest BCUT2D eigenvalue weighted by molar-refractivity contribution is 0.121. The topological polar surface area (TPSA) is 122 Å². The van der Waals surface area contributed by atoms with Crippen molar-refractivity contribution in [3.63, 3.8) is 0 Å². The molecule has 36 heavy (non-hydrogen) atoms.